The quantitative estimate of drug-likeness (QED) is 0.380. The molecule has 1 saturated heterocycles. The average Bonchev–Trinajstić information content (AvgIpc) is 3.60. The fraction of sp³-hybridized carbons (Fsp3) is 0.429. The van der Waals surface area contributed by atoms with Crippen molar-refractivity contribution < 1.29 is 19.4 Å². The lowest BCUT2D eigenvalue weighted by Crippen LogP contribution is -2.36. The Morgan fingerprint density at radius 1 is 1.14 bits per heavy atom. The summed E-state index contributed by atoms with van der Waals surface area (Å²) in [5, 5.41) is 17.9. The summed E-state index contributed by atoms with van der Waals surface area (Å²) in [6, 6.07) is 14.8. The van der Waals surface area contributed by atoms with Crippen LogP contribution in [0.15, 0.2) is 48.5 Å². The summed E-state index contributed by atoms with van der Waals surface area (Å²) in [5.41, 5.74) is 3.45. The molecule has 0 spiro atoms. The van der Waals surface area contributed by atoms with E-state index in [0.29, 0.717) is 30.1 Å². The first-order valence-corrected chi connectivity index (χ1v) is 12.7. The molecule has 1 aromatic heterocycles. The van der Waals surface area contributed by atoms with Crippen LogP contribution in [0.4, 0.5) is 0 Å². The molecule has 0 unspecified atom stereocenters. The second kappa shape index (κ2) is 10.5. The monoisotopic (exact) mass is 475 g/mol. The highest BCUT2D eigenvalue weighted by Gasteiger charge is 2.43. The van der Waals surface area contributed by atoms with E-state index in [1.54, 1.807) is 12.1 Å². The van der Waals surface area contributed by atoms with Crippen molar-refractivity contribution in [2.24, 2.45) is 0 Å². The van der Waals surface area contributed by atoms with Gasteiger partial charge in [-0.15, -0.1) is 0 Å². The van der Waals surface area contributed by atoms with Crippen molar-refractivity contribution in [3.63, 3.8) is 0 Å². The van der Waals surface area contributed by atoms with Crippen molar-refractivity contribution in [2.45, 2.75) is 57.6 Å². The molecular formula is C28H33N3O4. The van der Waals surface area contributed by atoms with Gasteiger partial charge in [0.1, 0.15) is 22.9 Å². The van der Waals surface area contributed by atoms with Gasteiger partial charge in [0.25, 0.3) is 5.91 Å². The standard InChI is InChI=1S/C28H33N3O4/c1-2-3-4-7-16-34-20-14-12-19(13-15-20)27-24-25(22-10-5-6-11-23(22)32)29-30-26(24)28(33)31(27)18-21-9-8-17-35-21/h5-6,10-15,21,27,32H,2-4,7-9,16-18H2,1H3,(H,29,30)/t21-,27-/m1/s1. The van der Waals surface area contributed by atoms with Crippen LogP contribution in [0.3, 0.4) is 0 Å². The van der Waals surface area contributed by atoms with E-state index in [1.165, 1.54) is 19.3 Å². The molecule has 5 rings (SSSR count). The number of phenolic OH excluding ortho intramolecular Hbond substituents is 1. The van der Waals surface area contributed by atoms with Gasteiger partial charge in [-0.05, 0) is 49.1 Å². The summed E-state index contributed by atoms with van der Waals surface area (Å²) in [5.74, 6) is 0.872. The molecule has 0 saturated carbocycles. The minimum absolute atomic E-state index is 0.0257. The number of hydrogen-bond donors (Lipinski definition) is 2. The smallest absolute Gasteiger partial charge is 0.273 e. The van der Waals surface area contributed by atoms with Crippen LogP contribution in [0.5, 0.6) is 11.5 Å². The van der Waals surface area contributed by atoms with Gasteiger partial charge in [0.2, 0.25) is 0 Å². The van der Waals surface area contributed by atoms with E-state index in [0.717, 1.165) is 42.7 Å². The zero-order valence-electron chi connectivity index (χ0n) is 20.2. The number of ether oxygens (including phenoxy) is 2. The molecule has 2 aromatic carbocycles. The number of H-pyrrole nitrogens is 1. The first kappa shape index (κ1) is 23.4. The van der Waals surface area contributed by atoms with E-state index in [1.807, 2.05) is 41.3 Å². The van der Waals surface area contributed by atoms with Crippen LogP contribution >= 0.6 is 0 Å². The lowest BCUT2D eigenvalue weighted by atomic mass is 9.95. The van der Waals surface area contributed by atoms with Gasteiger partial charge in [-0.25, -0.2) is 0 Å². The third kappa shape index (κ3) is 4.78. The van der Waals surface area contributed by atoms with E-state index < -0.39 is 0 Å². The number of phenols is 1. The molecule has 0 bridgehead atoms. The number of unbranched alkanes of at least 4 members (excludes halogenated alkanes) is 3. The number of para-hydroxylation sites is 1. The topological polar surface area (TPSA) is 87.7 Å². The molecule has 7 heteroatoms. The lowest BCUT2D eigenvalue weighted by Gasteiger charge is -2.28. The Labute approximate surface area is 206 Å². The number of rotatable bonds is 10. The molecule has 0 radical (unpaired) electrons. The Balaban J connectivity index is 1.45. The lowest BCUT2D eigenvalue weighted by molar-refractivity contribution is 0.0495. The highest BCUT2D eigenvalue weighted by atomic mass is 16.5. The highest BCUT2D eigenvalue weighted by Crippen LogP contribution is 2.45. The van der Waals surface area contributed by atoms with Gasteiger partial charge in [-0.3, -0.25) is 9.89 Å². The average molecular weight is 476 g/mol. The zero-order valence-corrected chi connectivity index (χ0v) is 20.2. The van der Waals surface area contributed by atoms with E-state index in [9.17, 15) is 9.90 Å². The number of fused-ring (bicyclic) bond motifs is 1. The second-order valence-corrected chi connectivity index (χ2v) is 9.35. The molecule has 3 heterocycles. The Bertz CT molecular complexity index is 1150. The summed E-state index contributed by atoms with van der Waals surface area (Å²) < 4.78 is 11.8. The van der Waals surface area contributed by atoms with Crippen LogP contribution < -0.4 is 4.74 Å². The molecule has 1 fully saturated rings. The molecule has 184 valence electrons. The molecule has 3 aromatic rings. The number of carbonyl (C=O) groups is 1. The Hall–Kier alpha value is -3.32. The van der Waals surface area contributed by atoms with E-state index in [4.69, 9.17) is 9.47 Å². The van der Waals surface area contributed by atoms with Crippen molar-refractivity contribution in [2.75, 3.05) is 19.8 Å². The summed E-state index contributed by atoms with van der Waals surface area (Å²) >= 11 is 0. The number of amides is 1. The third-order valence-corrected chi connectivity index (χ3v) is 6.91. The predicted octanol–water partition coefficient (Wildman–Crippen LogP) is 5.47. The molecule has 2 atom stereocenters. The van der Waals surface area contributed by atoms with Crippen molar-refractivity contribution in [1.29, 1.82) is 0 Å². The molecule has 1 amide bonds. The normalized spacial score (nSPS) is 19.3. The van der Waals surface area contributed by atoms with Crippen molar-refractivity contribution in [3.05, 3.63) is 65.4 Å². The number of carbonyl (C=O) groups excluding carboxylic acids is 1. The molecule has 2 N–H and O–H groups in total. The maximum atomic E-state index is 13.5. The number of hydrogen-bond acceptors (Lipinski definition) is 5. The van der Waals surface area contributed by atoms with Crippen LogP contribution in [0.2, 0.25) is 0 Å². The van der Waals surface area contributed by atoms with Gasteiger partial charge >= 0.3 is 0 Å². The SMILES string of the molecule is CCCCCCOc1ccc([C@@H]2c3c(-c4ccccc4O)n[nH]c3C(=O)N2C[C@H]2CCCO2)cc1. The van der Waals surface area contributed by atoms with E-state index >= 15 is 0 Å². The molecular weight excluding hydrogens is 442 g/mol. The van der Waals surface area contributed by atoms with Gasteiger partial charge in [0, 0.05) is 24.3 Å². The maximum absolute atomic E-state index is 13.5. The van der Waals surface area contributed by atoms with E-state index in [-0.39, 0.29) is 23.8 Å². The zero-order chi connectivity index (χ0) is 24.2. The number of nitrogens with zero attached hydrogens (tertiary/aromatic N) is 2. The van der Waals surface area contributed by atoms with Gasteiger partial charge in [0.05, 0.1) is 18.8 Å². The second-order valence-electron chi connectivity index (χ2n) is 9.35. The number of aromatic nitrogens is 2. The van der Waals surface area contributed by atoms with Crippen LogP contribution in [0, 0.1) is 0 Å². The van der Waals surface area contributed by atoms with Crippen LogP contribution in [0.25, 0.3) is 11.3 Å². The minimum atomic E-state index is -0.325. The molecule has 35 heavy (non-hydrogen) atoms. The van der Waals surface area contributed by atoms with Crippen molar-refractivity contribution in [1.82, 2.24) is 15.1 Å². The highest BCUT2D eigenvalue weighted by molar-refractivity contribution is 6.00. The summed E-state index contributed by atoms with van der Waals surface area (Å²) in [4.78, 5) is 15.4. The Morgan fingerprint density at radius 2 is 1.97 bits per heavy atom. The number of nitrogens with one attached hydrogen (secondary N) is 1. The van der Waals surface area contributed by atoms with Gasteiger partial charge in [-0.1, -0.05) is 50.5 Å². The fourth-order valence-electron chi connectivity index (χ4n) is 5.08. The molecule has 2 aliphatic rings. The summed E-state index contributed by atoms with van der Waals surface area (Å²) in [6.07, 6.45) is 6.63. The Kier molecular flexibility index (Phi) is 7.04. The van der Waals surface area contributed by atoms with Crippen LogP contribution in [-0.4, -0.2) is 52.0 Å². The van der Waals surface area contributed by atoms with Crippen LogP contribution in [0.1, 0.15) is 73.1 Å². The van der Waals surface area contributed by atoms with Gasteiger partial charge in [-0.2, -0.15) is 5.10 Å². The number of aromatic hydroxyl groups is 1. The van der Waals surface area contributed by atoms with Crippen molar-refractivity contribution >= 4 is 5.91 Å². The molecule has 7 nitrogen and oxygen atoms in total. The summed E-state index contributed by atoms with van der Waals surface area (Å²) in [7, 11) is 0. The first-order chi connectivity index (χ1) is 17.2. The van der Waals surface area contributed by atoms with Crippen LogP contribution in [-0.2, 0) is 4.74 Å². The minimum Gasteiger partial charge on any atom is -0.507 e. The van der Waals surface area contributed by atoms with E-state index in [2.05, 4.69) is 17.1 Å². The molecule has 0 aliphatic carbocycles. The maximum Gasteiger partial charge on any atom is 0.273 e. The van der Waals surface area contributed by atoms with Gasteiger partial charge in [0.15, 0.2) is 0 Å². The first-order valence-electron chi connectivity index (χ1n) is 12.7. The largest absolute Gasteiger partial charge is 0.507 e. The molecule has 2 aliphatic heterocycles. The predicted molar refractivity (Wildman–Crippen MR) is 134 cm³/mol. The van der Waals surface area contributed by atoms with Gasteiger partial charge < -0.3 is 19.5 Å². The number of aromatic amines is 1. The summed E-state index contributed by atoms with van der Waals surface area (Å²) in [6.45, 7) is 4.15. The number of benzene rings is 2. The van der Waals surface area contributed by atoms with Crippen molar-refractivity contribution in [3.8, 4) is 22.8 Å². The third-order valence-electron chi connectivity index (χ3n) is 6.91. The fourth-order valence-corrected chi connectivity index (χ4v) is 5.08. The Morgan fingerprint density at radius 3 is 2.71 bits per heavy atom.